The first-order valence-corrected chi connectivity index (χ1v) is 13.4. The lowest BCUT2D eigenvalue weighted by atomic mass is 9.84. The van der Waals surface area contributed by atoms with Crippen LogP contribution in [0.1, 0.15) is 68.5 Å². The fraction of sp³-hybridized carbons (Fsp3) is 0.379. The number of hydrogen-bond acceptors (Lipinski definition) is 7. The molecule has 3 aromatic carbocycles. The summed E-state index contributed by atoms with van der Waals surface area (Å²) in [6.45, 7) is 10.0. The molecule has 3 aromatic rings. The fourth-order valence-corrected chi connectivity index (χ4v) is 6.80. The van der Waals surface area contributed by atoms with E-state index in [2.05, 4.69) is 5.32 Å². The number of nitrogens with one attached hydrogen (secondary N) is 2. The largest absolute Gasteiger partial charge is 0.443 e. The molecule has 0 bridgehead atoms. The Bertz CT molecular complexity index is 1240. The highest BCUT2D eigenvalue weighted by Crippen LogP contribution is 2.48. The van der Waals surface area contributed by atoms with E-state index in [0.717, 1.165) is 27.8 Å². The van der Waals surface area contributed by atoms with Crippen molar-refractivity contribution in [3.63, 3.8) is 0 Å². The maximum absolute atomic E-state index is 13.2. The summed E-state index contributed by atoms with van der Waals surface area (Å²) in [5.74, 6) is 0. The first-order valence-electron chi connectivity index (χ1n) is 12.2. The van der Waals surface area contributed by atoms with E-state index in [9.17, 15) is 14.5 Å². The average Bonchev–Trinajstić information content (AvgIpc) is 3.00. The van der Waals surface area contributed by atoms with Crippen molar-refractivity contribution in [1.29, 1.82) is 4.78 Å². The summed E-state index contributed by atoms with van der Waals surface area (Å²) >= 11 is 0. The van der Waals surface area contributed by atoms with Crippen LogP contribution in [0.25, 0.3) is 0 Å². The molecule has 0 radical (unpaired) electrons. The first-order chi connectivity index (χ1) is 16.9. The van der Waals surface area contributed by atoms with Crippen LogP contribution in [0.15, 0.2) is 78.9 Å². The van der Waals surface area contributed by atoms with Crippen LogP contribution in [0.2, 0.25) is 0 Å². The van der Waals surface area contributed by atoms with Crippen LogP contribution in [0.4, 0.5) is 0 Å². The third-order valence-electron chi connectivity index (χ3n) is 7.73. The Morgan fingerprint density at radius 2 is 1.42 bits per heavy atom. The van der Waals surface area contributed by atoms with Gasteiger partial charge in [0.25, 0.3) is 0 Å². The Labute approximate surface area is 216 Å². The molecule has 0 saturated heterocycles. The summed E-state index contributed by atoms with van der Waals surface area (Å²) in [6, 6.07) is 24.4. The molecule has 0 saturated carbocycles. The maximum atomic E-state index is 13.2. The van der Waals surface area contributed by atoms with E-state index < -0.39 is 38.6 Å². The number of nitrogens with zero attached hydrogens (tertiary/aromatic N) is 1. The molecule has 0 unspecified atom stereocenters. The molecule has 4 rings (SSSR count). The second-order valence-corrected chi connectivity index (χ2v) is 11.8. The van der Waals surface area contributed by atoms with Crippen molar-refractivity contribution in [3.05, 3.63) is 107 Å². The molecule has 1 aliphatic heterocycles. The standard InChI is InChI=1S/C29H36N3O3S/c1-20(29(36(30)35,22-12-8-6-9-13-22)23-14-10-7-11-15-23)31-19-26(33)21-16-17-24-25(18-21)28(4,5)32(34)27(24,2)3/h6-18,20,26,30-31,33-34H,19H2,1-5H3/q-1/t20-,26+/m1/s1. The van der Waals surface area contributed by atoms with Crippen molar-refractivity contribution in [2.75, 3.05) is 6.54 Å². The smallest absolute Gasteiger partial charge is 0.0914 e. The second kappa shape index (κ2) is 9.72. The number of aliphatic hydroxyl groups excluding tert-OH is 1. The topological polar surface area (TPSA) is 96.7 Å². The van der Waals surface area contributed by atoms with Crippen LogP contribution < -0.4 is 5.32 Å². The van der Waals surface area contributed by atoms with Crippen molar-refractivity contribution >= 4 is 10.6 Å². The summed E-state index contributed by atoms with van der Waals surface area (Å²) in [4.78, 5) is 0. The molecular weight excluding hydrogens is 470 g/mol. The Balaban J connectivity index is 1.64. The number of hydroxylamine groups is 2. The van der Waals surface area contributed by atoms with Crippen LogP contribution >= 0.6 is 0 Å². The van der Waals surface area contributed by atoms with E-state index >= 15 is 0 Å². The highest BCUT2D eigenvalue weighted by atomic mass is 32.2. The number of aliphatic hydroxyl groups is 1. The number of benzene rings is 3. The molecule has 6 nitrogen and oxygen atoms in total. The van der Waals surface area contributed by atoms with E-state index in [1.165, 1.54) is 5.06 Å². The van der Waals surface area contributed by atoms with Crippen molar-refractivity contribution in [3.8, 4) is 0 Å². The highest BCUT2D eigenvalue weighted by molar-refractivity contribution is 7.75. The molecule has 1 heterocycles. The van der Waals surface area contributed by atoms with Crippen molar-refractivity contribution in [2.24, 2.45) is 0 Å². The Hall–Kier alpha value is -2.55. The van der Waals surface area contributed by atoms with Crippen LogP contribution in [0, 0.1) is 4.78 Å². The molecule has 0 spiro atoms. The van der Waals surface area contributed by atoms with E-state index in [1.807, 2.05) is 113 Å². The van der Waals surface area contributed by atoms with Crippen LogP contribution in [0.5, 0.6) is 0 Å². The van der Waals surface area contributed by atoms with Crippen LogP contribution in [-0.4, -0.2) is 28.0 Å². The predicted octanol–water partition coefficient (Wildman–Crippen LogP) is 5.54. The lowest BCUT2D eigenvalue weighted by molar-refractivity contribution is -0.216. The van der Waals surface area contributed by atoms with Crippen molar-refractivity contribution < 1.29 is 14.5 Å². The lowest BCUT2D eigenvalue weighted by Gasteiger charge is -2.44. The van der Waals surface area contributed by atoms with Gasteiger partial charge >= 0.3 is 0 Å². The third-order valence-corrected chi connectivity index (χ3v) is 9.14. The molecule has 36 heavy (non-hydrogen) atoms. The number of rotatable bonds is 8. The normalized spacial score (nSPS) is 18.7. The Morgan fingerprint density at radius 3 is 1.92 bits per heavy atom. The average molecular weight is 507 g/mol. The molecule has 192 valence electrons. The molecule has 0 aliphatic carbocycles. The Kier molecular flexibility index (Phi) is 7.16. The van der Waals surface area contributed by atoms with E-state index in [1.54, 1.807) is 0 Å². The molecule has 4 N–H and O–H groups in total. The van der Waals surface area contributed by atoms with Gasteiger partial charge in [-0.3, -0.25) is 0 Å². The Morgan fingerprint density at radius 1 is 0.917 bits per heavy atom. The molecule has 1 aliphatic rings. The van der Waals surface area contributed by atoms with Gasteiger partial charge in [-0.15, -0.1) is 0 Å². The zero-order valence-corrected chi connectivity index (χ0v) is 22.3. The molecule has 0 aromatic heterocycles. The summed E-state index contributed by atoms with van der Waals surface area (Å²) in [7, 11) is -2.00. The summed E-state index contributed by atoms with van der Waals surface area (Å²) < 4.78 is 20.5. The molecular formula is C29H36N3O3S-. The van der Waals surface area contributed by atoms with E-state index in [-0.39, 0.29) is 6.54 Å². The molecule has 7 heteroatoms. The minimum Gasteiger partial charge on any atom is -0.443 e. The highest BCUT2D eigenvalue weighted by Gasteiger charge is 2.49. The second-order valence-electron chi connectivity index (χ2n) is 10.6. The molecule has 2 atom stereocenters. The molecule has 0 amide bonds. The van der Waals surface area contributed by atoms with Gasteiger partial charge in [0, 0.05) is 12.6 Å². The van der Waals surface area contributed by atoms with Gasteiger partial charge in [-0.25, -0.2) is 0 Å². The molecule has 0 fully saturated rings. The van der Waals surface area contributed by atoms with Gasteiger partial charge in [-0.05, 0) is 49.1 Å². The summed E-state index contributed by atoms with van der Waals surface area (Å²) in [5, 5.41) is 26.7. The number of hydrogen-bond donors (Lipinski definition) is 4. The summed E-state index contributed by atoms with van der Waals surface area (Å²) in [6.07, 6.45) is -0.826. The van der Waals surface area contributed by atoms with E-state index in [0.29, 0.717) is 0 Å². The lowest BCUT2D eigenvalue weighted by Crippen LogP contribution is -2.49. The zero-order valence-electron chi connectivity index (χ0n) is 21.5. The maximum Gasteiger partial charge on any atom is 0.0914 e. The van der Waals surface area contributed by atoms with Gasteiger partial charge in [0.05, 0.1) is 17.2 Å². The van der Waals surface area contributed by atoms with Gasteiger partial charge in [0.15, 0.2) is 0 Å². The quantitative estimate of drug-likeness (QED) is 0.301. The van der Waals surface area contributed by atoms with E-state index in [4.69, 9.17) is 4.78 Å². The van der Waals surface area contributed by atoms with Crippen LogP contribution in [-0.2, 0) is 30.6 Å². The predicted molar refractivity (Wildman–Crippen MR) is 143 cm³/mol. The zero-order chi connectivity index (χ0) is 26.3. The minimum atomic E-state index is -2.00. The van der Waals surface area contributed by atoms with Gasteiger partial charge in [0.2, 0.25) is 0 Å². The van der Waals surface area contributed by atoms with Gasteiger partial charge in [-0.2, -0.15) is 15.7 Å². The SMILES string of the molecule is C[C@@H](NC[C@H](O)c1ccc2c(c1)C(C)(C)N(O)C2(C)C)C(c1ccccc1)(c1ccccc1)[S-](=N)=O. The van der Waals surface area contributed by atoms with Crippen LogP contribution in [0.3, 0.4) is 0 Å². The van der Waals surface area contributed by atoms with Crippen molar-refractivity contribution in [2.45, 2.75) is 62.6 Å². The van der Waals surface area contributed by atoms with Gasteiger partial charge in [0.1, 0.15) is 0 Å². The van der Waals surface area contributed by atoms with Crippen molar-refractivity contribution in [1.82, 2.24) is 10.4 Å². The third kappa shape index (κ3) is 4.19. The monoisotopic (exact) mass is 506 g/mol. The summed E-state index contributed by atoms with van der Waals surface area (Å²) in [5.41, 5.74) is 3.20. The first kappa shape index (κ1) is 26.5. The fourth-order valence-electron chi connectivity index (χ4n) is 5.70. The van der Waals surface area contributed by atoms with Gasteiger partial charge < -0.3 is 24.6 Å². The minimum absolute atomic E-state index is 0.214. The van der Waals surface area contributed by atoms with Gasteiger partial charge in [-0.1, -0.05) is 96.9 Å². The number of fused-ring (bicyclic) bond motifs is 1.